The second kappa shape index (κ2) is 8.30. The molecule has 1 N–H and O–H groups in total. The van der Waals surface area contributed by atoms with Gasteiger partial charge in [-0.1, -0.05) is 30.3 Å². The Kier molecular flexibility index (Phi) is 7.01. The molecule has 0 aliphatic carbocycles. The number of rotatable bonds is 8. The van der Waals surface area contributed by atoms with E-state index in [1.54, 1.807) is 35.1 Å². The topological polar surface area (TPSA) is 72.5 Å². The molecule has 0 saturated carbocycles. The third-order valence-corrected chi connectivity index (χ3v) is 4.37. The summed E-state index contributed by atoms with van der Waals surface area (Å²) in [7, 11) is -4.23. The van der Waals surface area contributed by atoms with Crippen LogP contribution in [0.25, 0.3) is 0 Å². The Labute approximate surface area is 132 Å². The van der Waals surface area contributed by atoms with Crippen molar-refractivity contribution < 1.29 is 31.1 Å². The molecule has 0 saturated heterocycles. The first-order chi connectivity index (χ1) is 10.7. The molecule has 1 rings (SSSR count). The first-order valence-corrected chi connectivity index (χ1v) is 8.33. The third kappa shape index (κ3) is 6.57. The average molecular weight is 353 g/mol. The van der Waals surface area contributed by atoms with E-state index in [1.165, 1.54) is 7.11 Å². The molecule has 0 amide bonds. The Morgan fingerprint density at radius 1 is 1.26 bits per heavy atom. The third-order valence-electron chi connectivity index (χ3n) is 3.11. The minimum Gasteiger partial charge on any atom is -0.469 e. The molecule has 1 aromatic carbocycles. The predicted octanol–water partition coefficient (Wildman–Crippen LogP) is 2.38. The van der Waals surface area contributed by atoms with Crippen LogP contribution in [0.3, 0.4) is 0 Å². The quantitative estimate of drug-likeness (QED) is 0.729. The van der Waals surface area contributed by atoms with Crippen molar-refractivity contribution in [3.8, 4) is 0 Å². The number of hydrogen-bond donors (Lipinski definition) is 1. The zero-order valence-electron chi connectivity index (χ0n) is 12.5. The fourth-order valence-electron chi connectivity index (χ4n) is 1.98. The second-order valence-electron chi connectivity index (χ2n) is 4.92. The molecule has 0 aromatic heterocycles. The van der Waals surface area contributed by atoms with Crippen molar-refractivity contribution in [2.45, 2.75) is 37.2 Å². The maximum atomic E-state index is 12.5. The van der Waals surface area contributed by atoms with Gasteiger partial charge in [0, 0.05) is 12.5 Å². The van der Waals surface area contributed by atoms with Gasteiger partial charge in [-0.15, -0.1) is 0 Å². The number of methoxy groups -OCH3 is 1. The smallest absolute Gasteiger partial charge is 0.469 e. The number of carbonyl (C=O) groups is 1. The van der Waals surface area contributed by atoms with Gasteiger partial charge in [0.05, 0.1) is 7.11 Å². The van der Waals surface area contributed by atoms with Crippen LogP contribution in [0.15, 0.2) is 30.3 Å². The minimum atomic E-state index is -5.44. The standard InChI is InChI=1S/C14H18F3NO4S/c1-22-13(19)9-5-8-12(10-11-6-3-2-4-7-11)18-23(20,21)14(15,16)17/h2-4,6-7,12,18H,5,8-10H2,1H3. The van der Waals surface area contributed by atoms with E-state index in [4.69, 9.17) is 0 Å². The summed E-state index contributed by atoms with van der Waals surface area (Å²) in [6.45, 7) is 0. The van der Waals surface area contributed by atoms with E-state index >= 15 is 0 Å². The molecule has 5 nitrogen and oxygen atoms in total. The summed E-state index contributed by atoms with van der Waals surface area (Å²) in [5, 5.41) is 0. The lowest BCUT2D eigenvalue weighted by Crippen LogP contribution is -2.43. The molecule has 130 valence electrons. The summed E-state index contributed by atoms with van der Waals surface area (Å²) in [6, 6.07) is 7.58. The van der Waals surface area contributed by atoms with Gasteiger partial charge in [0.2, 0.25) is 0 Å². The van der Waals surface area contributed by atoms with Crippen molar-refractivity contribution in [3.05, 3.63) is 35.9 Å². The van der Waals surface area contributed by atoms with Gasteiger partial charge >= 0.3 is 21.5 Å². The lowest BCUT2D eigenvalue weighted by molar-refractivity contribution is -0.140. The molecule has 9 heteroatoms. The number of alkyl halides is 3. The first kappa shape index (κ1) is 19.4. The molecule has 0 heterocycles. The maximum absolute atomic E-state index is 12.5. The van der Waals surface area contributed by atoms with Gasteiger partial charge in [-0.05, 0) is 24.8 Å². The van der Waals surface area contributed by atoms with Gasteiger partial charge in [-0.2, -0.15) is 13.2 Å². The van der Waals surface area contributed by atoms with Crippen molar-refractivity contribution in [1.82, 2.24) is 4.72 Å². The van der Waals surface area contributed by atoms with E-state index in [0.717, 1.165) is 0 Å². The zero-order valence-corrected chi connectivity index (χ0v) is 13.3. The van der Waals surface area contributed by atoms with Crippen LogP contribution in [0.4, 0.5) is 13.2 Å². The Morgan fingerprint density at radius 3 is 2.39 bits per heavy atom. The second-order valence-corrected chi connectivity index (χ2v) is 6.63. The van der Waals surface area contributed by atoms with Crippen LogP contribution >= 0.6 is 0 Å². The summed E-state index contributed by atoms with van der Waals surface area (Å²) < 4.78 is 66.2. The Morgan fingerprint density at radius 2 is 1.87 bits per heavy atom. The fraction of sp³-hybridized carbons (Fsp3) is 0.500. The van der Waals surface area contributed by atoms with Crippen molar-refractivity contribution in [1.29, 1.82) is 0 Å². The van der Waals surface area contributed by atoms with Crippen LogP contribution in [-0.4, -0.2) is 33.0 Å². The van der Waals surface area contributed by atoms with Crippen LogP contribution < -0.4 is 4.72 Å². The van der Waals surface area contributed by atoms with Gasteiger partial charge in [-0.3, -0.25) is 4.79 Å². The van der Waals surface area contributed by atoms with Gasteiger partial charge < -0.3 is 4.74 Å². The van der Waals surface area contributed by atoms with Crippen LogP contribution in [0.1, 0.15) is 24.8 Å². The molecule has 0 aliphatic rings. The normalized spacial score (nSPS) is 13.6. The highest BCUT2D eigenvalue weighted by molar-refractivity contribution is 7.90. The number of carbonyl (C=O) groups excluding carboxylic acids is 1. The lowest BCUT2D eigenvalue weighted by atomic mass is 10.0. The highest BCUT2D eigenvalue weighted by Crippen LogP contribution is 2.23. The first-order valence-electron chi connectivity index (χ1n) is 6.85. The largest absolute Gasteiger partial charge is 0.511 e. The van der Waals surface area contributed by atoms with E-state index in [0.29, 0.717) is 5.56 Å². The number of benzene rings is 1. The summed E-state index contributed by atoms with van der Waals surface area (Å²) in [6.07, 6.45) is 0.400. The minimum absolute atomic E-state index is 0.00946. The van der Waals surface area contributed by atoms with Crippen LogP contribution in [-0.2, 0) is 26.0 Å². The van der Waals surface area contributed by atoms with E-state index in [-0.39, 0.29) is 25.7 Å². The molecule has 1 atom stereocenters. The fourth-order valence-corrected chi connectivity index (χ4v) is 2.76. The van der Waals surface area contributed by atoms with Crippen molar-refractivity contribution >= 4 is 16.0 Å². The summed E-state index contributed by atoms with van der Waals surface area (Å²) in [5.41, 5.74) is -4.68. The monoisotopic (exact) mass is 353 g/mol. The molecule has 0 spiro atoms. The van der Waals surface area contributed by atoms with E-state index in [9.17, 15) is 26.4 Å². The molecule has 0 bridgehead atoms. The van der Waals surface area contributed by atoms with Gasteiger partial charge in [0.15, 0.2) is 0 Å². The van der Waals surface area contributed by atoms with Crippen molar-refractivity contribution in [2.75, 3.05) is 7.11 Å². The summed E-state index contributed by atoms with van der Waals surface area (Å²) in [4.78, 5) is 11.1. The molecular weight excluding hydrogens is 335 g/mol. The predicted molar refractivity (Wildman–Crippen MR) is 77.9 cm³/mol. The lowest BCUT2D eigenvalue weighted by Gasteiger charge is -2.19. The van der Waals surface area contributed by atoms with Crippen LogP contribution in [0.2, 0.25) is 0 Å². The number of nitrogens with one attached hydrogen (secondary N) is 1. The zero-order chi connectivity index (χ0) is 17.5. The van der Waals surface area contributed by atoms with Crippen LogP contribution in [0, 0.1) is 0 Å². The highest BCUT2D eigenvalue weighted by atomic mass is 32.2. The Hall–Kier alpha value is -1.61. The Balaban J connectivity index is 2.78. The van der Waals surface area contributed by atoms with E-state index < -0.39 is 27.5 Å². The van der Waals surface area contributed by atoms with E-state index in [1.807, 2.05) is 0 Å². The average Bonchev–Trinajstić information content (AvgIpc) is 2.46. The number of halogens is 3. The van der Waals surface area contributed by atoms with Crippen LogP contribution in [0.5, 0.6) is 0 Å². The molecule has 0 fully saturated rings. The molecule has 23 heavy (non-hydrogen) atoms. The number of sulfonamides is 1. The van der Waals surface area contributed by atoms with Gasteiger partial charge in [0.1, 0.15) is 0 Å². The SMILES string of the molecule is COC(=O)CCCC(Cc1ccccc1)NS(=O)(=O)C(F)(F)F. The molecule has 0 radical (unpaired) electrons. The van der Waals surface area contributed by atoms with Gasteiger partial charge in [-0.25, -0.2) is 13.1 Å². The highest BCUT2D eigenvalue weighted by Gasteiger charge is 2.46. The summed E-state index contributed by atoms with van der Waals surface area (Å²) in [5.74, 6) is -0.498. The molecule has 1 unspecified atom stereocenters. The Bertz CT molecular complexity index is 602. The molecular formula is C14H18F3NO4S. The maximum Gasteiger partial charge on any atom is 0.511 e. The van der Waals surface area contributed by atoms with E-state index in [2.05, 4.69) is 4.74 Å². The number of ether oxygens (including phenoxy) is 1. The number of hydrogen-bond acceptors (Lipinski definition) is 4. The number of esters is 1. The summed E-state index contributed by atoms with van der Waals surface area (Å²) >= 11 is 0. The molecule has 1 aromatic rings. The molecule has 0 aliphatic heterocycles. The van der Waals surface area contributed by atoms with Crippen molar-refractivity contribution in [2.24, 2.45) is 0 Å². The van der Waals surface area contributed by atoms with Gasteiger partial charge in [0.25, 0.3) is 0 Å². The van der Waals surface area contributed by atoms with Crippen molar-refractivity contribution in [3.63, 3.8) is 0 Å².